The molecule has 0 amide bonds. The van der Waals surface area contributed by atoms with E-state index in [1.807, 2.05) is 0 Å². The van der Waals surface area contributed by atoms with Crippen LogP contribution >= 0.6 is 11.6 Å². The van der Waals surface area contributed by atoms with Gasteiger partial charge in [-0.2, -0.15) is 0 Å². The third-order valence-electron chi connectivity index (χ3n) is 2.99. The Morgan fingerprint density at radius 2 is 2.31 bits per heavy atom. The molecule has 3 atom stereocenters. The molecule has 92 valence electrons. The van der Waals surface area contributed by atoms with Crippen LogP contribution in [0.25, 0.3) is 0 Å². The molecule has 0 aromatic carbocycles. The summed E-state index contributed by atoms with van der Waals surface area (Å²) in [6, 6.07) is 0.226. The van der Waals surface area contributed by atoms with Crippen LogP contribution in [0.1, 0.15) is 33.6 Å². The molecule has 0 fully saturated rings. The lowest BCUT2D eigenvalue weighted by Crippen LogP contribution is -2.26. The number of allylic oxidation sites excluding steroid dienone is 2. The van der Waals surface area contributed by atoms with Gasteiger partial charge in [-0.15, -0.1) is 11.6 Å². The Balaban J connectivity index is 2.85. The van der Waals surface area contributed by atoms with E-state index in [1.54, 1.807) is 7.11 Å². The quantitative estimate of drug-likeness (QED) is 0.693. The molecular weight excluding hydrogens is 222 g/mol. The SMILES string of the molecule is CCC1CC(Cl)C=C(C)C1=N[C@@H](C)COC. The number of aliphatic imine (C=N–C) groups is 1. The maximum absolute atomic E-state index is 6.19. The molecule has 1 aliphatic rings. The second kappa shape index (κ2) is 6.41. The van der Waals surface area contributed by atoms with E-state index in [9.17, 15) is 0 Å². The lowest BCUT2D eigenvalue weighted by Gasteiger charge is -2.26. The first-order chi connectivity index (χ1) is 7.58. The molecule has 1 aliphatic carbocycles. The summed E-state index contributed by atoms with van der Waals surface area (Å²) in [5, 5.41) is 0.168. The minimum absolute atomic E-state index is 0.168. The molecule has 2 nitrogen and oxygen atoms in total. The van der Waals surface area contributed by atoms with Crippen LogP contribution in [0.15, 0.2) is 16.6 Å². The van der Waals surface area contributed by atoms with Gasteiger partial charge in [0.2, 0.25) is 0 Å². The van der Waals surface area contributed by atoms with Crippen LogP contribution in [0.3, 0.4) is 0 Å². The van der Waals surface area contributed by atoms with E-state index in [2.05, 4.69) is 26.8 Å². The molecule has 1 rings (SSSR count). The van der Waals surface area contributed by atoms with Crippen molar-refractivity contribution in [2.45, 2.75) is 45.0 Å². The molecule has 0 aromatic rings. The summed E-state index contributed by atoms with van der Waals surface area (Å²) in [7, 11) is 1.71. The maximum Gasteiger partial charge on any atom is 0.0708 e. The average Bonchev–Trinajstić information content (AvgIpc) is 2.22. The summed E-state index contributed by atoms with van der Waals surface area (Å²) in [5.74, 6) is 0.506. The van der Waals surface area contributed by atoms with Gasteiger partial charge in [-0.1, -0.05) is 13.0 Å². The second-order valence-electron chi connectivity index (χ2n) is 4.53. The number of nitrogens with zero attached hydrogens (tertiary/aromatic N) is 1. The largest absolute Gasteiger partial charge is 0.382 e. The fourth-order valence-electron chi connectivity index (χ4n) is 2.21. The zero-order valence-electron chi connectivity index (χ0n) is 10.7. The lowest BCUT2D eigenvalue weighted by atomic mass is 9.85. The third-order valence-corrected chi connectivity index (χ3v) is 3.30. The average molecular weight is 244 g/mol. The third kappa shape index (κ3) is 3.60. The summed E-state index contributed by atoms with van der Waals surface area (Å²) in [5.41, 5.74) is 2.46. The van der Waals surface area contributed by atoms with Crippen LogP contribution in [-0.2, 0) is 4.74 Å². The molecule has 0 radical (unpaired) electrons. The Morgan fingerprint density at radius 1 is 1.62 bits per heavy atom. The van der Waals surface area contributed by atoms with Crippen molar-refractivity contribution in [2.24, 2.45) is 10.9 Å². The predicted molar refractivity (Wildman–Crippen MR) is 70.6 cm³/mol. The molecule has 3 heteroatoms. The van der Waals surface area contributed by atoms with Crippen LogP contribution in [0, 0.1) is 5.92 Å². The number of alkyl halides is 1. The van der Waals surface area contributed by atoms with Crippen molar-refractivity contribution in [3.05, 3.63) is 11.6 Å². The van der Waals surface area contributed by atoms with Gasteiger partial charge in [-0.05, 0) is 32.3 Å². The monoisotopic (exact) mass is 243 g/mol. The Morgan fingerprint density at radius 3 is 2.88 bits per heavy atom. The van der Waals surface area contributed by atoms with Crippen molar-refractivity contribution < 1.29 is 4.74 Å². The molecule has 0 heterocycles. The summed E-state index contributed by atoms with van der Waals surface area (Å²) < 4.78 is 5.12. The van der Waals surface area contributed by atoms with Gasteiger partial charge in [-0.3, -0.25) is 4.99 Å². The molecule has 0 aromatic heterocycles. The number of ether oxygens (including phenoxy) is 1. The molecule has 16 heavy (non-hydrogen) atoms. The number of methoxy groups -OCH3 is 1. The topological polar surface area (TPSA) is 21.6 Å². The zero-order valence-corrected chi connectivity index (χ0v) is 11.4. The first-order valence-electron chi connectivity index (χ1n) is 5.98. The standard InChI is InChI=1S/C13H22ClNO/c1-5-11-7-12(14)6-9(2)13(11)15-10(3)8-16-4/h6,10-12H,5,7-8H2,1-4H3/t10-,11?,12?/m0/s1. The first-order valence-corrected chi connectivity index (χ1v) is 6.41. The van der Waals surface area contributed by atoms with Gasteiger partial charge < -0.3 is 4.74 Å². The van der Waals surface area contributed by atoms with E-state index in [0.29, 0.717) is 12.5 Å². The highest BCUT2D eigenvalue weighted by atomic mass is 35.5. The van der Waals surface area contributed by atoms with E-state index in [4.69, 9.17) is 21.3 Å². The Kier molecular flexibility index (Phi) is 5.50. The molecule has 0 aliphatic heterocycles. The molecule has 0 spiro atoms. The van der Waals surface area contributed by atoms with Crippen molar-refractivity contribution in [3.63, 3.8) is 0 Å². The van der Waals surface area contributed by atoms with Crippen LogP contribution in [0.5, 0.6) is 0 Å². The van der Waals surface area contributed by atoms with Crippen LogP contribution in [0.4, 0.5) is 0 Å². The van der Waals surface area contributed by atoms with Crippen molar-refractivity contribution in [2.75, 3.05) is 13.7 Å². The minimum Gasteiger partial charge on any atom is -0.382 e. The van der Waals surface area contributed by atoms with Gasteiger partial charge >= 0.3 is 0 Å². The molecule has 0 N–H and O–H groups in total. The van der Waals surface area contributed by atoms with Gasteiger partial charge in [0.1, 0.15) is 0 Å². The van der Waals surface area contributed by atoms with E-state index in [-0.39, 0.29) is 11.4 Å². The van der Waals surface area contributed by atoms with Gasteiger partial charge in [0, 0.05) is 18.7 Å². The zero-order chi connectivity index (χ0) is 12.1. The molecular formula is C13H22ClNO. The van der Waals surface area contributed by atoms with Crippen molar-refractivity contribution >= 4 is 17.3 Å². The maximum atomic E-state index is 6.19. The highest BCUT2D eigenvalue weighted by Gasteiger charge is 2.24. The van der Waals surface area contributed by atoms with Crippen LogP contribution < -0.4 is 0 Å². The first kappa shape index (κ1) is 13.7. The highest BCUT2D eigenvalue weighted by Crippen LogP contribution is 2.28. The summed E-state index contributed by atoms with van der Waals surface area (Å²) >= 11 is 6.19. The van der Waals surface area contributed by atoms with Crippen LogP contribution in [0.2, 0.25) is 0 Å². The molecule has 2 unspecified atom stereocenters. The van der Waals surface area contributed by atoms with Crippen molar-refractivity contribution in [1.82, 2.24) is 0 Å². The fraction of sp³-hybridized carbons (Fsp3) is 0.769. The van der Waals surface area contributed by atoms with Gasteiger partial charge in [0.25, 0.3) is 0 Å². The molecule has 0 saturated heterocycles. The lowest BCUT2D eigenvalue weighted by molar-refractivity contribution is 0.185. The minimum atomic E-state index is 0.168. The Labute approximate surface area is 104 Å². The second-order valence-corrected chi connectivity index (χ2v) is 5.09. The summed E-state index contributed by atoms with van der Waals surface area (Å²) in [4.78, 5) is 4.76. The Bertz CT molecular complexity index is 286. The van der Waals surface area contributed by atoms with Gasteiger partial charge in [0.05, 0.1) is 18.0 Å². The highest BCUT2D eigenvalue weighted by molar-refractivity contribution is 6.23. The van der Waals surface area contributed by atoms with E-state index in [0.717, 1.165) is 12.8 Å². The van der Waals surface area contributed by atoms with Crippen LogP contribution in [-0.4, -0.2) is 30.8 Å². The number of hydrogen-bond donors (Lipinski definition) is 0. The van der Waals surface area contributed by atoms with E-state index >= 15 is 0 Å². The number of rotatable bonds is 4. The normalized spacial score (nSPS) is 30.3. The van der Waals surface area contributed by atoms with E-state index < -0.39 is 0 Å². The molecule has 0 bridgehead atoms. The van der Waals surface area contributed by atoms with Gasteiger partial charge in [-0.25, -0.2) is 0 Å². The molecule has 0 saturated carbocycles. The van der Waals surface area contributed by atoms with Crippen molar-refractivity contribution in [3.8, 4) is 0 Å². The summed E-state index contributed by atoms with van der Waals surface area (Å²) in [6.45, 7) is 7.07. The Hall–Kier alpha value is -0.340. The van der Waals surface area contributed by atoms with Crippen molar-refractivity contribution in [1.29, 1.82) is 0 Å². The van der Waals surface area contributed by atoms with E-state index in [1.165, 1.54) is 11.3 Å². The number of halogens is 1. The number of hydrogen-bond acceptors (Lipinski definition) is 2. The predicted octanol–water partition coefficient (Wildman–Crippen LogP) is 3.45. The summed E-state index contributed by atoms with van der Waals surface area (Å²) in [6.07, 6.45) is 4.23. The fourth-order valence-corrected chi connectivity index (χ4v) is 2.62. The smallest absolute Gasteiger partial charge is 0.0708 e. The van der Waals surface area contributed by atoms with Gasteiger partial charge in [0.15, 0.2) is 0 Å².